The van der Waals surface area contributed by atoms with E-state index in [2.05, 4.69) is 0 Å². The third kappa shape index (κ3) is 7.54. The maximum atomic E-state index is 11.9. The van der Waals surface area contributed by atoms with E-state index >= 15 is 0 Å². The second-order valence-electron chi connectivity index (χ2n) is 7.97. The summed E-state index contributed by atoms with van der Waals surface area (Å²) in [7, 11) is 0. The van der Waals surface area contributed by atoms with Crippen LogP contribution in [0, 0.1) is 0 Å². The standard InChI is InChI=1S/C20H31NO14/c1-7(23)29-6-12-16(30-8(2)24)17(31-9(3)25)18(32-10(4)26)20(34-12)35-15-11(5-22)33-19(21)14(28)13(15)27/h11-20,22,27-28H,5-6,21H2,1-4H3/t11-,12-,13-,14-,15-,16+,17+,18-,19-,20+/m1/s1. The average molecular weight is 509 g/mol. The van der Waals surface area contributed by atoms with Crippen molar-refractivity contribution >= 4 is 23.9 Å². The molecule has 0 unspecified atom stereocenters. The molecule has 15 nitrogen and oxygen atoms in total. The van der Waals surface area contributed by atoms with E-state index in [0.717, 1.165) is 27.7 Å². The normalized spacial score (nSPS) is 37.1. The Morgan fingerprint density at radius 1 is 0.743 bits per heavy atom. The number of ether oxygens (including phenoxy) is 7. The van der Waals surface area contributed by atoms with Crippen LogP contribution in [0.4, 0.5) is 0 Å². The molecule has 2 fully saturated rings. The van der Waals surface area contributed by atoms with Gasteiger partial charge in [0.2, 0.25) is 0 Å². The first-order chi connectivity index (χ1) is 16.3. The van der Waals surface area contributed by atoms with Crippen LogP contribution in [-0.4, -0.2) is 114 Å². The maximum absolute atomic E-state index is 11.9. The number of esters is 4. The van der Waals surface area contributed by atoms with E-state index in [0.29, 0.717) is 0 Å². The lowest BCUT2D eigenvalue weighted by Crippen LogP contribution is -2.67. The largest absolute Gasteiger partial charge is 0.463 e. The Bertz CT molecular complexity index is 775. The van der Waals surface area contributed by atoms with Crippen LogP contribution in [0.3, 0.4) is 0 Å². The van der Waals surface area contributed by atoms with Crippen LogP contribution in [0.15, 0.2) is 0 Å². The molecule has 10 atom stereocenters. The molecule has 0 saturated carbocycles. The van der Waals surface area contributed by atoms with Crippen molar-refractivity contribution in [2.75, 3.05) is 13.2 Å². The van der Waals surface area contributed by atoms with E-state index in [1.165, 1.54) is 0 Å². The molecule has 15 heteroatoms. The van der Waals surface area contributed by atoms with E-state index < -0.39 is 98.4 Å². The predicted octanol–water partition coefficient (Wildman–Crippen LogP) is -3.15. The first kappa shape index (κ1) is 28.8. The van der Waals surface area contributed by atoms with Gasteiger partial charge >= 0.3 is 23.9 Å². The average Bonchev–Trinajstić information content (AvgIpc) is 2.75. The molecule has 0 amide bonds. The zero-order valence-corrected chi connectivity index (χ0v) is 19.6. The van der Waals surface area contributed by atoms with Crippen molar-refractivity contribution in [2.45, 2.75) is 89.0 Å². The Morgan fingerprint density at radius 2 is 1.29 bits per heavy atom. The van der Waals surface area contributed by atoms with Crippen molar-refractivity contribution in [3.8, 4) is 0 Å². The summed E-state index contributed by atoms with van der Waals surface area (Å²) in [4.78, 5) is 46.9. The molecule has 0 aromatic rings. The van der Waals surface area contributed by atoms with Gasteiger partial charge in [-0.15, -0.1) is 0 Å². The lowest BCUT2D eigenvalue weighted by atomic mass is 9.96. The number of nitrogens with two attached hydrogens (primary N) is 1. The van der Waals surface area contributed by atoms with E-state index in [4.69, 9.17) is 38.9 Å². The van der Waals surface area contributed by atoms with Crippen molar-refractivity contribution in [2.24, 2.45) is 5.73 Å². The molecule has 35 heavy (non-hydrogen) atoms. The van der Waals surface area contributed by atoms with E-state index in [9.17, 15) is 34.5 Å². The molecule has 2 aliphatic heterocycles. The Balaban J connectivity index is 2.46. The van der Waals surface area contributed by atoms with Crippen molar-refractivity contribution in [1.82, 2.24) is 0 Å². The monoisotopic (exact) mass is 509 g/mol. The summed E-state index contributed by atoms with van der Waals surface area (Å²) in [5.74, 6) is -3.21. The molecule has 0 aromatic carbocycles. The van der Waals surface area contributed by atoms with Gasteiger partial charge in [0.05, 0.1) is 6.61 Å². The Hall–Kier alpha value is -2.40. The van der Waals surface area contributed by atoms with Gasteiger partial charge in [0.15, 0.2) is 24.6 Å². The number of aliphatic hydroxyl groups is 3. The molecule has 5 N–H and O–H groups in total. The predicted molar refractivity (Wildman–Crippen MR) is 109 cm³/mol. The molecular formula is C20H31NO14. The second kappa shape index (κ2) is 12.5. The van der Waals surface area contributed by atoms with Gasteiger partial charge in [-0.3, -0.25) is 19.2 Å². The summed E-state index contributed by atoms with van der Waals surface area (Å²) in [6, 6.07) is 0. The number of aliphatic hydroxyl groups excluding tert-OH is 3. The van der Waals surface area contributed by atoms with E-state index in [1.54, 1.807) is 0 Å². The summed E-state index contributed by atoms with van der Waals surface area (Å²) < 4.78 is 37.6. The number of hydrogen-bond donors (Lipinski definition) is 4. The highest BCUT2D eigenvalue weighted by atomic mass is 16.7. The van der Waals surface area contributed by atoms with Crippen LogP contribution in [0.5, 0.6) is 0 Å². The number of carbonyl (C=O) groups excluding carboxylic acids is 4. The van der Waals surface area contributed by atoms with Gasteiger partial charge in [0, 0.05) is 27.7 Å². The zero-order valence-electron chi connectivity index (χ0n) is 19.6. The van der Waals surface area contributed by atoms with Crippen molar-refractivity contribution in [3.63, 3.8) is 0 Å². The Morgan fingerprint density at radius 3 is 1.80 bits per heavy atom. The van der Waals surface area contributed by atoms with E-state index in [-0.39, 0.29) is 0 Å². The summed E-state index contributed by atoms with van der Waals surface area (Å²) in [6.07, 6.45) is -14.7. The van der Waals surface area contributed by atoms with Gasteiger partial charge in [0.1, 0.15) is 43.4 Å². The van der Waals surface area contributed by atoms with Crippen molar-refractivity contribution in [1.29, 1.82) is 0 Å². The quantitative estimate of drug-likeness (QED) is 0.187. The van der Waals surface area contributed by atoms with Gasteiger partial charge in [-0.05, 0) is 0 Å². The van der Waals surface area contributed by atoms with Crippen LogP contribution in [0.2, 0.25) is 0 Å². The minimum Gasteiger partial charge on any atom is -0.463 e. The fourth-order valence-electron chi connectivity index (χ4n) is 3.74. The lowest BCUT2D eigenvalue weighted by molar-refractivity contribution is -0.344. The van der Waals surface area contributed by atoms with Gasteiger partial charge in [-0.2, -0.15) is 0 Å². The Kier molecular flexibility index (Phi) is 10.3. The molecule has 0 bridgehead atoms. The summed E-state index contributed by atoms with van der Waals surface area (Å²) in [6.45, 7) is 3.12. The second-order valence-corrected chi connectivity index (χ2v) is 7.97. The maximum Gasteiger partial charge on any atom is 0.303 e. The molecule has 0 aromatic heterocycles. The molecule has 2 aliphatic rings. The fraction of sp³-hybridized carbons (Fsp3) is 0.800. The summed E-state index contributed by atoms with van der Waals surface area (Å²) >= 11 is 0. The third-order valence-corrected chi connectivity index (χ3v) is 5.14. The van der Waals surface area contributed by atoms with Gasteiger partial charge < -0.3 is 54.2 Å². The molecule has 2 rings (SSSR count). The lowest BCUT2D eigenvalue weighted by Gasteiger charge is -2.47. The van der Waals surface area contributed by atoms with Crippen molar-refractivity contribution in [3.05, 3.63) is 0 Å². The molecule has 0 radical (unpaired) electrons. The highest BCUT2D eigenvalue weighted by Crippen LogP contribution is 2.32. The minimum atomic E-state index is -1.68. The zero-order chi connectivity index (χ0) is 26.4. The van der Waals surface area contributed by atoms with Crippen LogP contribution >= 0.6 is 0 Å². The minimum absolute atomic E-state index is 0.488. The smallest absolute Gasteiger partial charge is 0.303 e. The number of carbonyl (C=O) groups is 4. The molecule has 200 valence electrons. The number of hydrogen-bond acceptors (Lipinski definition) is 15. The van der Waals surface area contributed by atoms with Crippen LogP contribution in [0.25, 0.3) is 0 Å². The first-order valence-corrected chi connectivity index (χ1v) is 10.7. The van der Waals surface area contributed by atoms with Gasteiger partial charge in [0.25, 0.3) is 0 Å². The molecule has 2 saturated heterocycles. The van der Waals surface area contributed by atoms with Crippen LogP contribution in [0.1, 0.15) is 27.7 Å². The molecule has 0 aliphatic carbocycles. The fourth-order valence-corrected chi connectivity index (χ4v) is 3.74. The molecule has 0 spiro atoms. The SMILES string of the molecule is CC(=O)OC[C@H]1O[C@@H](O[C@H]2[C@H](O)[C@@H](O)[C@H](N)O[C@@H]2CO)[C@H](OC(C)=O)[C@@H](OC(C)=O)[C@H]1OC(C)=O. The summed E-state index contributed by atoms with van der Waals surface area (Å²) in [5, 5.41) is 30.3. The van der Waals surface area contributed by atoms with E-state index in [1.807, 2.05) is 0 Å². The summed E-state index contributed by atoms with van der Waals surface area (Å²) in [5.41, 5.74) is 5.60. The van der Waals surface area contributed by atoms with Gasteiger partial charge in [-0.25, -0.2) is 0 Å². The Labute approximate surface area is 200 Å². The van der Waals surface area contributed by atoms with Crippen LogP contribution < -0.4 is 5.73 Å². The highest BCUT2D eigenvalue weighted by molar-refractivity contribution is 5.68. The first-order valence-electron chi connectivity index (χ1n) is 10.7. The third-order valence-electron chi connectivity index (χ3n) is 5.14. The highest BCUT2D eigenvalue weighted by Gasteiger charge is 2.55. The molecular weight excluding hydrogens is 478 g/mol. The molecule has 2 heterocycles. The van der Waals surface area contributed by atoms with Gasteiger partial charge in [-0.1, -0.05) is 0 Å². The van der Waals surface area contributed by atoms with Crippen molar-refractivity contribution < 1.29 is 67.7 Å². The topological polar surface area (TPSA) is 220 Å². The number of rotatable bonds is 8. The van der Waals surface area contributed by atoms with Crippen LogP contribution in [-0.2, 0) is 52.3 Å².